The number of hydrogen-bond acceptors (Lipinski definition) is 4. The third-order valence-corrected chi connectivity index (χ3v) is 5.49. The molecule has 3 rings (SSSR count). The third-order valence-electron chi connectivity index (χ3n) is 4.03. The first-order valence-electron chi connectivity index (χ1n) is 7.41. The van der Waals surface area contributed by atoms with E-state index in [0.717, 1.165) is 21.7 Å². The van der Waals surface area contributed by atoms with Crippen molar-refractivity contribution in [2.45, 2.75) is 18.4 Å². The Bertz CT molecular complexity index is 822. The standard InChI is InChI=1S/C18H16ClNO3S/c1-11-13(4-3-5-14(11)19)9-20-15-8-12(18(22)23-2)6-7-16(15)24-10-17(20)21/h3-8H,9-10H2,1-2H3. The minimum absolute atomic E-state index is 0.00823. The molecule has 0 N–H and O–H groups in total. The lowest BCUT2D eigenvalue weighted by Gasteiger charge is -2.30. The molecule has 0 spiro atoms. The fourth-order valence-electron chi connectivity index (χ4n) is 2.61. The van der Waals surface area contributed by atoms with E-state index < -0.39 is 5.97 Å². The Labute approximate surface area is 149 Å². The molecule has 2 aromatic carbocycles. The molecule has 1 aliphatic rings. The summed E-state index contributed by atoms with van der Waals surface area (Å²) < 4.78 is 4.78. The summed E-state index contributed by atoms with van der Waals surface area (Å²) in [5.74, 6) is -0.0296. The first kappa shape index (κ1) is 16.9. The number of nitrogens with zero attached hydrogens (tertiary/aromatic N) is 1. The molecule has 4 nitrogen and oxygen atoms in total. The van der Waals surface area contributed by atoms with Crippen LogP contribution in [-0.4, -0.2) is 24.7 Å². The monoisotopic (exact) mass is 361 g/mol. The van der Waals surface area contributed by atoms with Crippen LogP contribution in [0.3, 0.4) is 0 Å². The Hall–Kier alpha value is -1.98. The minimum atomic E-state index is -0.417. The highest BCUT2D eigenvalue weighted by atomic mass is 35.5. The van der Waals surface area contributed by atoms with E-state index in [4.69, 9.17) is 16.3 Å². The van der Waals surface area contributed by atoms with Crippen LogP contribution in [0.1, 0.15) is 21.5 Å². The minimum Gasteiger partial charge on any atom is -0.465 e. The fraction of sp³-hybridized carbons (Fsp3) is 0.222. The molecule has 0 saturated heterocycles. The quantitative estimate of drug-likeness (QED) is 0.773. The van der Waals surface area contributed by atoms with E-state index in [1.807, 2.05) is 31.2 Å². The molecule has 0 aromatic heterocycles. The van der Waals surface area contributed by atoms with Crippen molar-refractivity contribution in [3.05, 3.63) is 58.1 Å². The van der Waals surface area contributed by atoms with Gasteiger partial charge in [-0.25, -0.2) is 4.79 Å². The smallest absolute Gasteiger partial charge is 0.337 e. The number of methoxy groups -OCH3 is 1. The lowest BCUT2D eigenvalue weighted by atomic mass is 10.1. The molecule has 0 saturated carbocycles. The highest BCUT2D eigenvalue weighted by molar-refractivity contribution is 8.00. The van der Waals surface area contributed by atoms with E-state index in [1.165, 1.54) is 18.9 Å². The molecule has 0 radical (unpaired) electrons. The SMILES string of the molecule is COC(=O)c1ccc2c(c1)N(Cc1cccc(Cl)c1C)C(=O)CS2. The maximum atomic E-state index is 12.5. The van der Waals surface area contributed by atoms with Crippen LogP contribution in [0.4, 0.5) is 5.69 Å². The van der Waals surface area contributed by atoms with Crippen molar-refractivity contribution in [1.29, 1.82) is 0 Å². The summed E-state index contributed by atoms with van der Waals surface area (Å²) in [6.45, 7) is 2.36. The molecule has 124 valence electrons. The first-order valence-corrected chi connectivity index (χ1v) is 8.77. The molecule has 1 heterocycles. The van der Waals surface area contributed by atoms with E-state index in [-0.39, 0.29) is 5.91 Å². The van der Waals surface area contributed by atoms with Gasteiger partial charge in [0.1, 0.15) is 0 Å². The van der Waals surface area contributed by atoms with Crippen LogP contribution in [-0.2, 0) is 16.1 Å². The normalized spacial score (nSPS) is 13.6. The van der Waals surface area contributed by atoms with Crippen LogP contribution in [0.25, 0.3) is 0 Å². The highest BCUT2D eigenvalue weighted by Gasteiger charge is 2.26. The number of thioether (sulfide) groups is 1. The number of benzene rings is 2. The number of anilines is 1. The number of carbonyl (C=O) groups is 2. The number of ether oxygens (including phenoxy) is 1. The van der Waals surface area contributed by atoms with Crippen LogP contribution < -0.4 is 4.90 Å². The molecule has 0 unspecified atom stereocenters. The van der Waals surface area contributed by atoms with E-state index >= 15 is 0 Å². The van der Waals surface area contributed by atoms with Crippen LogP contribution in [0.5, 0.6) is 0 Å². The van der Waals surface area contributed by atoms with Crippen molar-refractivity contribution in [1.82, 2.24) is 0 Å². The van der Waals surface area contributed by atoms with Gasteiger partial charge < -0.3 is 9.64 Å². The first-order chi connectivity index (χ1) is 11.5. The van der Waals surface area contributed by atoms with Gasteiger partial charge in [-0.05, 0) is 42.3 Å². The van der Waals surface area contributed by atoms with Crippen molar-refractivity contribution in [3.63, 3.8) is 0 Å². The molecule has 1 aliphatic heterocycles. The largest absolute Gasteiger partial charge is 0.465 e. The van der Waals surface area contributed by atoms with Gasteiger partial charge in [0, 0.05) is 9.92 Å². The van der Waals surface area contributed by atoms with Crippen LogP contribution in [0.15, 0.2) is 41.3 Å². The van der Waals surface area contributed by atoms with Crippen molar-refractivity contribution in [2.24, 2.45) is 0 Å². The second-order valence-electron chi connectivity index (χ2n) is 5.47. The number of hydrogen-bond donors (Lipinski definition) is 0. The lowest BCUT2D eigenvalue weighted by Crippen LogP contribution is -2.35. The van der Waals surface area contributed by atoms with Gasteiger partial charge in [-0.1, -0.05) is 23.7 Å². The van der Waals surface area contributed by atoms with E-state index in [9.17, 15) is 9.59 Å². The average molecular weight is 362 g/mol. The van der Waals surface area contributed by atoms with Gasteiger partial charge in [0.25, 0.3) is 0 Å². The molecule has 0 aliphatic carbocycles. The van der Waals surface area contributed by atoms with Crippen molar-refractivity contribution in [2.75, 3.05) is 17.8 Å². The molecule has 2 aromatic rings. The summed E-state index contributed by atoms with van der Waals surface area (Å²) in [5, 5.41) is 0.676. The predicted octanol–water partition coefficient (Wildman–Crippen LogP) is 4.07. The second-order valence-corrected chi connectivity index (χ2v) is 6.89. The van der Waals surface area contributed by atoms with Crippen LogP contribution in [0, 0.1) is 6.92 Å². The molecule has 6 heteroatoms. The van der Waals surface area contributed by atoms with Gasteiger partial charge in [0.15, 0.2) is 0 Å². The molecule has 0 atom stereocenters. The Balaban J connectivity index is 2.01. The van der Waals surface area contributed by atoms with Gasteiger partial charge in [-0.3, -0.25) is 4.79 Å². The Morgan fingerprint density at radius 3 is 2.88 bits per heavy atom. The average Bonchev–Trinajstić information content (AvgIpc) is 2.60. The third kappa shape index (κ3) is 3.14. The molecule has 0 bridgehead atoms. The number of amides is 1. The summed E-state index contributed by atoms with van der Waals surface area (Å²) in [7, 11) is 1.34. The Morgan fingerprint density at radius 1 is 1.33 bits per heavy atom. The number of rotatable bonds is 3. The number of fused-ring (bicyclic) bond motifs is 1. The van der Waals surface area contributed by atoms with E-state index in [0.29, 0.717) is 22.9 Å². The van der Waals surface area contributed by atoms with Gasteiger partial charge in [-0.2, -0.15) is 0 Å². The summed E-state index contributed by atoms with van der Waals surface area (Å²) in [4.78, 5) is 26.9. The van der Waals surface area contributed by atoms with Crippen LogP contribution in [0.2, 0.25) is 5.02 Å². The maximum Gasteiger partial charge on any atom is 0.337 e. The Kier molecular flexibility index (Phi) is 4.83. The fourth-order valence-corrected chi connectivity index (χ4v) is 3.72. The van der Waals surface area contributed by atoms with Crippen LogP contribution >= 0.6 is 23.4 Å². The number of halogens is 1. The summed E-state index contributed by atoms with van der Waals surface area (Å²) in [5.41, 5.74) is 3.10. The second kappa shape index (κ2) is 6.87. The topological polar surface area (TPSA) is 46.6 Å². The molecular formula is C18H16ClNO3S. The summed E-state index contributed by atoms with van der Waals surface area (Å²) in [6, 6.07) is 11.0. The number of carbonyl (C=O) groups excluding carboxylic acids is 2. The lowest BCUT2D eigenvalue weighted by molar-refractivity contribution is -0.116. The van der Waals surface area contributed by atoms with Gasteiger partial charge in [0.05, 0.1) is 30.7 Å². The van der Waals surface area contributed by atoms with Crippen molar-refractivity contribution in [3.8, 4) is 0 Å². The highest BCUT2D eigenvalue weighted by Crippen LogP contribution is 2.37. The molecular weight excluding hydrogens is 346 g/mol. The summed E-state index contributed by atoms with van der Waals surface area (Å²) in [6.07, 6.45) is 0. The van der Waals surface area contributed by atoms with Gasteiger partial charge >= 0.3 is 5.97 Å². The maximum absolute atomic E-state index is 12.5. The molecule has 24 heavy (non-hydrogen) atoms. The van der Waals surface area contributed by atoms with Crippen molar-refractivity contribution < 1.29 is 14.3 Å². The predicted molar refractivity (Wildman–Crippen MR) is 95.9 cm³/mol. The van der Waals surface area contributed by atoms with E-state index in [2.05, 4.69) is 0 Å². The zero-order valence-corrected chi connectivity index (χ0v) is 14.9. The molecule has 0 fully saturated rings. The van der Waals surface area contributed by atoms with Crippen molar-refractivity contribution >= 4 is 40.9 Å². The van der Waals surface area contributed by atoms with Gasteiger partial charge in [-0.15, -0.1) is 11.8 Å². The molecule has 1 amide bonds. The van der Waals surface area contributed by atoms with Gasteiger partial charge in [0.2, 0.25) is 5.91 Å². The zero-order chi connectivity index (χ0) is 17.3. The Morgan fingerprint density at radius 2 is 2.12 bits per heavy atom. The zero-order valence-electron chi connectivity index (χ0n) is 13.3. The van der Waals surface area contributed by atoms with E-state index in [1.54, 1.807) is 17.0 Å². The number of esters is 1. The summed E-state index contributed by atoms with van der Waals surface area (Å²) >= 11 is 7.66.